The number of ketones is 1. The Morgan fingerprint density at radius 2 is 1.80 bits per heavy atom. The number of nitrogens with one attached hydrogen (secondary N) is 2. The van der Waals surface area contributed by atoms with Crippen molar-refractivity contribution in [1.82, 2.24) is 15.5 Å². The number of Topliss-reactive ketones (excluding diaryl/α,β-unsaturated/α-hetero) is 1. The van der Waals surface area contributed by atoms with Gasteiger partial charge in [0.05, 0.1) is 18.2 Å². The highest BCUT2D eigenvalue weighted by Gasteiger charge is 2.34. The number of nitrogens with zero attached hydrogens (tertiary/aromatic N) is 2. The molecule has 0 unspecified atom stereocenters. The van der Waals surface area contributed by atoms with Crippen molar-refractivity contribution in [3.63, 3.8) is 0 Å². The summed E-state index contributed by atoms with van der Waals surface area (Å²) in [6.45, 7) is 7.02. The standard InChI is InChI=1S/C26H29ClN4O4/c1-3-35-25(33)23-22(28-26(34)29-24(23)19-5-4-6-20(27)15-19)16-30-11-13-31(14-12-30)21-9-7-18(8-10-21)17(2)32/h4-10,15,24H,3,11-14,16H2,1-2H3,(H2,28,29,34)/t24-/m1/s1. The maximum atomic E-state index is 13.0. The first-order valence-electron chi connectivity index (χ1n) is 11.7. The van der Waals surface area contributed by atoms with Crippen LogP contribution in [0.5, 0.6) is 0 Å². The van der Waals surface area contributed by atoms with Gasteiger partial charge in [-0.3, -0.25) is 9.69 Å². The first kappa shape index (κ1) is 24.8. The summed E-state index contributed by atoms with van der Waals surface area (Å²) in [6.07, 6.45) is 0. The van der Waals surface area contributed by atoms with Gasteiger partial charge in [0.15, 0.2) is 5.78 Å². The molecule has 2 aliphatic heterocycles. The number of ether oxygens (including phenoxy) is 1. The topological polar surface area (TPSA) is 91.0 Å². The summed E-state index contributed by atoms with van der Waals surface area (Å²) < 4.78 is 5.35. The fraction of sp³-hybridized carbons (Fsp3) is 0.346. The lowest BCUT2D eigenvalue weighted by atomic mass is 9.95. The lowest BCUT2D eigenvalue weighted by Gasteiger charge is -2.38. The Hall–Kier alpha value is -3.36. The molecule has 2 aliphatic rings. The minimum absolute atomic E-state index is 0.0483. The van der Waals surface area contributed by atoms with Crippen LogP contribution in [0, 0.1) is 0 Å². The molecule has 0 bridgehead atoms. The number of hydrogen-bond acceptors (Lipinski definition) is 6. The lowest BCUT2D eigenvalue weighted by Crippen LogP contribution is -2.51. The molecule has 2 heterocycles. The molecule has 1 saturated heterocycles. The second-order valence-corrected chi connectivity index (χ2v) is 9.00. The van der Waals surface area contributed by atoms with Crippen LogP contribution < -0.4 is 15.5 Å². The molecule has 2 amide bonds. The van der Waals surface area contributed by atoms with Crippen LogP contribution in [0.1, 0.15) is 35.8 Å². The maximum absolute atomic E-state index is 13.0. The van der Waals surface area contributed by atoms with Crippen LogP contribution in [0.2, 0.25) is 5.02 Å². The molecular formula is C26H29ClN4O4. The quantitative estimate of drug-likeness (QED) is 0.450. The highest BCUT2D eigenvalue weighted by Crippen LogP contribution is 2.30. The monoisotopic (exact) mass is 496 g/mol. The molecule has 2 N–H and O–H groups in total. The van der Waals surface area contributed by atoms with Crippen molar-refractivity contribution >= 4 is 35.1 Å². The zero-order valence-corrected chi connectivity index (χ0v) is 20.6. The normalized spacial score (nSPS) is 18.7. The molecule has 4 rings (SSSR count). The first-order valence-corrected chi connectivity index (χ1v) is 12.0. The predicted molar refractivity (Wildman–Crippen MR) is 135 cm³/mol. The Kier molecular flexibility index (Phi) is 7.73. The molecule has 0 radical (unpaired) electrons. The molecule has 8 nitrogen and oxygen atoms in total. The van der Waals surface area contributed by atoms with E-state index in [1.165, 1.54) is 0 Å². The van der Waals surface area contributed by atoms with Crippen LogP contribution in [0.25, 0.3) is 0 Å². The molecule has 2 aromatic rings. The number of amides is 2. The minimum Gasteiger partial charge on any atom is -0.463 e. The minimum atomic E-state index is -0.655. The van der Waals surface area contributed by atoms with Crippen molar-refractivity contribution < 1.29 is 19.1 Å². The molecular weight excluding hydrogens is 468 g/mol. The number of carbonyl (C=O) groups is 3. The highest BCUT2D eigenvalue weighted by molar-refractivity contribution is 6.30. The summed E-state index contributed by atoms with van der Waals surface area (Å²) in [6, 6.07) is 13.7. The molecule has 184 valence electrons. The van der Waals surface area contributed by atoms with E-state index in [-0.39, 0.29) is 18.4 Å². The largest absolute Gasteiger partial charge is 0.463 e. The molecule has 0 saturated carbocycles. The third kappa shape index (κ3) is 5.83. The van der Waals surface area contributed by atoms with Crippen LogP contribution in [0.3, 0.4) is 0 Å². The number of anilines is 1. The SMILES string of the molecule is CCOC(=O)C1=C(CN2CCN(c3ccc(C(C)=O)cc3)CC2)NC(=O)N[C@@H]1c1cccc(Cl)c1. The number of hydrogen-bond donors (Lipinski definition) is 2. The molecule has 1 fully saturated rings. The van der Waals surface area contributed by atoms with E-state index in [9.17, 15) is 14.4 Å². The number of piperazine rings is 1. The van der Waals surface area contributed by atoms with Crippen LogP contribution in [-0.4, -0.2) is 62.0 Å². The Balaban J connectivity index is 1.52. The van der Waals surface area contributed by atoms with Crippen LogP contribution >= 0.6 is 11.6 Å². The molecule has 1 atom stereocenters. The van der Waals surface area contributed by atoms with Gasteiger partial charge >= 0.3 is 12.0 Å². The van der Waals surface area contributed by atoms with E-state index in [2.05, 4.69) is 20.4 Å². The van der Waals surface area contributed by atoms with Gasteiger partial charge in [0, 0.05) is 54.7 Å². The third-order valence-electron chi connectivity index (χ3n) is 6.22. The van der Waals surface area contributed by atoms with Crippen molar-refractivity contribution in [2.75, 3.05) is 44.2 Å². The van der Waals surface area contributed by atoms with Crippen molar-refractivity contribution in [3.05, 3.63) is 76.0 Å². The van der Waals surface area contributed by atoms with E-state index >= 15 is 0 Å². The average Bonchev–Trinajstić information content (AvgIpc) is 2.84. The fourth-order valence-electron chi connectivity index (χ4n) is 4.42. The summed E-state index contributed by atoms with van der Waals surface area (Å²) in [5.74, 6) is -0.420. The molecule has 0 aromatic heterocycles. The highest BCUT2D eigenvalue weighted by atomic mass is 35.5. The Morgan fingerprint density at radius 1 is 1.09 bits per heavy atom. The van der Waals surface area contributed by atoms with Gasteiger partial charge in [0.1, 0.15) is 0 Å². The molecule has 35 heavy (non-hydrogen) atoms. The second kappa shape index (κ2) is 10.9. The number of rotatable bonds is 7. The van der Waals surface area contributed by atoms with Crippen LogP contribution in [-0.2, 0) is 9.53 Å². The fourth-order valence-corrected chi connectivity index (χ4v) is 4.62. The van der Waals surface area contributed by atoms with Gasteiger partial charge < -0.3 is 20.3 Å². The summed E-state index contributed by atoms with van der Waals surface area (Å²) >= 11 is 6.18. The van der Waals surface area contributed by atoms with Gasteiger partial charge in [-0.2, -0.15) is 0 Å². The first-order chi connectivity index (χ1) is 16.9. The van der Waals surface area contributed by atoms with E-state index in [1.54, 1.807) is 32.0 Å². The molecule has 2 aromatic carbocycles. The van der Waals surface area contributed by atoms with Crippen molar-refractivity contribution in [1.29, 1.82) is 0 Å². The van der Waals surface area contributed by atoms with E-state index in [1.807, 2.05) is 30.3 Å². The van der Waals surface area contributed by atoms with E-state index < -0.39 is 12.0 Å². The van der Waals surface area contributed by atoms with Crippen LogP contribution in [0.4, 0.5) is 10.5 Å². The lowest BCUT2D eigenvalue weighted by molar-refractivity contribution is -0.139. The Morgan fingerprint density at radius 3 is 2.43 bits per heavy atom. The summed E-state index contributed by atoms with van der Waals surface area (Å²) in [5.41, 5.74) is 3.40. The smallest absolute Gasteiger partial charge is 0.338 e. The van der Waals surface area contributed by atoms with Gasteiger partial charge in [-0.05, 0) is 55.8 Å². The zero-order chi connectivity index (χ0) is 24.9. The van der Waals surface area contributed by atoms with E-state index in [4.69, 9.17) is 16.3 Å². The van der Waals surface area contributed by atoms with E-state index in [0.717, 1.165) is 31.9 Å². The molecule has 0 spiro atoms. The maximum Gasteiger partial charge on any atom is 0.338 e. The molecule has 9 heteroatoms. The summed E-state index contributed by atoms with van der Waals surface area (Å²) in [7, 11) is 0. The van der Waals surface area contributed by atoms with Gasteiger partial charge in [-0.15, -0.1) is 0 Å². The Labute approximate surface area is 209 Å². The molecule has 0 aliphatic carbocycles. The van der Waals surface area contributed by atoms with Gasteiger partial charge in [-0.1, -0.05) is 23.7 Å². The second-order valence-electron chi connectivity index (χ2n) is 8.57. The van der Waals surface area contributed by atoms with Crippen LogP contribution in [0.15, 0.2) is 59.8 Å². The predicted octanol–water partition coefficient (Wildman–Crippen LogP) is 3.54. The number of carbonyl (C=O) groups excluding carboxylic acids is 3. The zero-order valence-electron chi connectivity index (χ0n) is 19.8. The van der Waals surface area contributed by atoms with Gasteiger partial charge in [0.25, 0.3) is 0 Å². The average molecular weight is 497 g/mol. The van der Waals surface area contributed by atoms with Gasteiger partial charge in [0.2, 0.25) is 0 Å². The number of halogens is 1. The van der Waals surface area contributed by atoms with Gasteiger partial charge in [-0.25, -0.2) is 9.59 Å². The van der Waals surface area contributed by atoms with Crippen molar-refractivity contribution in [3.8, 4) is 0 Å². The number of benzene rings is 2. The van der Waals surface area contributed by atoms with Crippen molar-refractivity contribution in [2.24, 2.45) is 0 Å². The number of esters is 1. The number of urea groups is 1. The van der Waals surface area contributed by atoms with Crippen molar-refractivity contribution in [2.45, 2.75) is 19.9 Å². The summed E-state index contributed by atoms with van der Waals surface area (Å²) in [4.78, 5) is 41.5. The Bertz CT molecular complexity index is 1140. The van der Waals surface area contributed by atoms with E-state index in [0.29, 0.717) is 34.0 Å². The summed E-state index contributed by atoms with van der Waals surface area (Å²) in [5, 5.41) is 6.20. The third-order valence-corrected chi connectivity index (χ3v) is 6.46.